The molecule has 1 aliphatic carbocycles. The third-order valence-corrected chi connectivity index (χ3v) is 4.76. The molecule has 112 valence electrons. The van der Waals surface area contributed by atoms with Crippen LogP contribution in [0.4, 0.5) is 0 Å². The van der Waals surface area contributed by atoms with Gasteiger partial charge in [0, 0.05) is 11.4 Å². The van der Waals surface area contributed by atoms with Gasteiger partial charge in [0.25, 0.3) is 0 Å². The standard InChI is InChI=1S/C18H18N2O2/c21-17-18(22)20(13-7-2-1-3-8-13)15-11-10-12-6-4-5-9-14(12)16(15)19-17/h4-6,9-11,13H,1-3,7-8H2,(H,19,21). The Balaban J connectivity index is 2.10. The van der Waals surface area contributed by atoms with Crippen molar-refractivity contribution in [2.75, 3.05) is 0 Å². The van der Waals surface area contributed by atoms with E-state index in [4.69, 9.17) is 0 Å². The summed E-state index contributed by atoms with van der Waals surface area (Å²) in [5.74, 6) is 0. The van der Waals surface area contributed by atoms with Crippen molar-refractivity contribution in [3.63, 3.8) is 0 Å². The van der Waals surface area contributed by atoms with E-state index in [1.54, 1.807) is 4.57 Å². The lowest BCUT2D eigenvalue weighted by molar-refractivity contribution is 0.353. The molecule has 0 aliphatic heterocycles. The molecule has 4 heteroatoms. The van der Waals surface area contributed by atoms with Crippen LogP contribution in [0, 0.1) is 0 Å². The van der Waals surface area contributed by atoms with Gasteiger partial charge in [0.15, 0.2) is 0 Å². The molecular weight excluding hydrogens is 276 g/mol. The van der Waals surface area contributed by atoms with E-state index in [0.717, 1.165) is 47.5 Å². The van der Waals surface area contributed by atoms with Gasteiger partial charge in [-0.15, -0.1) is 0 Å². The molecule has 1 aliphatic rings. The Labute approximate surface area is 127 Å². The van der Waals surface area contributed by atoms with Crippen LogP contribution in [0.5, 0.6) is 0 Å². The largest absolute Gasteiger partial charge is 0.316 e. The van der Waals surface area contributed by atoms with Crippen LogP contribution >= 0.6 is 0 Å². The van der Waals surface area contributed by atoms with E-state index in [9.17, 15) is 9.59 Å². The molecule has 0 unspecified atom stereocenters. The second-order valence-electron chi connectivity index (χ2n) is 6.10. The quantitative estimate of drug-likeness (QED) is 0.553. The van der Waals surface area contributed by atoms with Crippen LogP contribution in [0.25, 0.3) is 21.8 Å². The molecule has 0 atom stereocenters. The minimum Gasteiger partial charge on any atom is -0.315 e. The van der Waals surface area contributed by atoms with Crippen LogP contribution in [-0.4, -0.2) is 9.55 Å². The smallest absolute Gasteiger partial charge is 0.315 e. The third-order valence-electron chi connectivity index (χ3n) is 4.76. The minimum atomic E-state index is -0.519. The van der Waals surface area contributed by atoms with Gasteiger partial charge in [-0.3, -0.25) is 14.2 Å². The number of aromatic nitrogens is 2. The second kappa shape index (κ2) is 5.13. The third kappa shape index (κ3) is 1.98. The van der Waals surface area contributed by atoms with E-state index in [0.29, 0.717) is 0 Å². The van der Waals surface area contributed by atoms with E-state index in [1.165, 1.54) is 6.42 Å². The summed E-state index contributed by atoms with van der Waals surface area (Å²) in [6.45, 7) is 0. The molecule has 1 aromatic heterocycles. The Bertz CT molecular complexity index is 962. The number of hydrogen-bond donors (Lipinski definition) is 1. The highest BCUT2D eigenvalue weighted by Gasteiger charge is 2.20. The van der Waals surface area contributed by atoms with Gasteiger partial charge in [-0.05, 0) is 24.3 Å². The number of aromatic amines is 1. The normalized spacial score (nSPS) is 16.4. The first kappa shape index (κ1) is 13.3. The van der Waals surface area contributed by atoms with Gasteiger partial charge in [-0.25, -0.2) is 0 Å². The molecule has 0 radical (unpaired) electrons. The highest BCUT2D eigenvalue weighted by molar-refractivity contribution is 6.03. The van der Waals surface area contributed by atoms with Gasteiger partial charge >= 0.3 is 11.1 Å². The fraction of sp³-hybridized carbons (Fsp3) is 0.333. The molecule has 0 amide bonds. The number of hydrogen-bond acceptors (Lipinski definition) is 2. The molecule has 3 aromatic rings. The highest BCUT2D eigenvalue weighted by atomic mass is 16.2. The zero-order valence-electron chi connectivity index (χ0n) is 12.3. The van der Waals surface area contributed by atoms with E-state index in [-0.39, 0.29) is 6.04 Å². The average molecular weight is 294 g/mol. The van der Waals surface area contributed by atoms with Gasteiger partial charge < -0.3 is 4.98 Å². The van der Waals surface area contributed by atoms with E-state index in [2.05, 4.69) is 4.98 Å². The predicted molar refractivity (Wildman–Crippen MR) is 88.5 cm³/mol. The first-order valence-electron chi connectivity index (χ1n) is 7.92. The van der Waals surface area contributed by atoms with Crippen molar-refractivity contribution >= 4 is 21.8 Å². The van der Waals surface area contributed by atoms with Crippen LogP contribution in [0.2, 0.25) is 0 Å². The number of benzene rings is 2. The Morgan fingerprint density at radius 2 is 1.73 bits per heavy atom. The first-order chi connectivity index (χ1) is 10.8. The molecule has 1 N–H and O–H groups in total. The monoisotopic (exact) mass is 294 g/mol. The zero-order chi connectivity index (χ0) is 15.1. The maximum Gasteiger partial charge on any atom is 0.316 e. The van der Waals surface area contributed by atoms with Crippen LogP contribution < -0.4 is 11.1 Å². The maximum absolute atomic E-state index is 12.4. The van der Waals surface area contributed by atoms with Crippen molar-refractivity contribution in [3.05, 3.63) is 57.1 Å². The summed E-state index contributed by atoms with van der Waals surface area (Å²) in [4.78, 5) is 27.4. The Hall–Kier alpha value is -2.36. The molecule has 0 bridgehead atoms. The van der Waals surface area contributed by atoms with E-state index < -0.39 is 11.1 Å². The number of rotatable bonds is 1. The molecule has 4 nitrogen and oxygen atoms in total. The molecule has 1 fully saturated rings. The maximum atomic E-state index is 12.4. The number of nitrogens with zero attached hydrogens (tertiary/aromatic N) is 1. The molecule has 22 heavy (non-hydrogen) atoms. The summed E-state index contributed by atoms with van der Waals surface area (Å²) in [5.41, 5.74) is 0.674. The number of H-pyrrole nitrogens is 1. The van der Waals surface area contributed by atoms with Gasteiger partial charge in [0.05, 0.1) is 11.0 Å². The SMILES string of the molecule is O=c1[nH]c2c3ccccc3ccc2n(C2CCCCC2)c1=O. The fourth-order valence-corrected chi connectivity index (χ4v) is 3.68. The van der Waals surface area contributed by atoms with Crippen molar-refractivity contribution in [2.24, 2.45) is 0 Å². The van der Waals surface area contributed by atoms with Gasteiger partial charge in [0.2, 0.25) is 0 Å². The fourth-order valence-electron chi connectivity index (χ4n) is 3.68. The number of fused-ring (bicyclic) bond motifs is 3. The molecule has 1 saturated carbocycles. The van der Waals surface area contributed by atoms with Gasteiger partial charge in [-0.2, -0.15) is 0 Å². The summed E-state index contributed by atoms with van der Waals surface area (Å²) >= 11 is 0. The Morgan fingerprint density at radius 1 is 0.955 bits per heavy atom. The van der Waals surface area contributed by atoms with Crippen molar-refractivity contribution in [1.29, 1.82) is 0 Å². The molecular formula is C18H18N2O2. The van der Waals surface area contributed by atoms with Crippen LogP contribution in [0.1, 0.15) is 38.1 Å². The van der Waals surface area contributed by atoms with Crippen molar-refractivity contribution in [3.8, 4) is 0 Å². The summed E-state index contributed by atoms with van der Waals surface area (Å²) in [7, 11) is 0. The molecule has 4 rings (SSSR count). The highest BCUT2D eigenvalue weighted by Crippen LogP contribution is 2.30. The lowest BCUT2D eigenvalue weighted by Gasteiger charge is -2.25. The van der Waals surface area contributed by atoms with Crippen molar-refractivity contribution in [1.82, 2.24) is 9.55 Å². The predicted octanol–water partition coefficient (Wildman–Crippen LogP) is 3.35. The molecule has 2 aromatic carbocycles. The summed E-state index contributed by atoms with van der Waals surface area (Å²) in [5, 5.41) is 2.06. The summed E-state index contributed by atoms with van der Waals surface area (Å²) < 4.78 is 1.74. The lowest BCUT2D eigenvalue weighted by atomic mass is 9.95. The van der Waals surface area contributed by atoms with Gasteiger partial charge in [0.1, 0.15) is 0 Å². The molecule has 1 heterocycles. The molecule has 0 saturated heterocycles. The average Bonchev–Trinajstić information content (AvgIpc) is 2.57. The molecule has 0 spiro atoms. The Kier molecular flexibility index (Phi) is 3.10. The van der Waals surface area contributed by atoms with Crippen LogP contribution in [-0.2, 0) is 0 Å². The topological polar surface area (TPSA) is 54.9 Å². The lowest BCUT2D eigenvalue weighted by Crippen LogP contribution is -2.38. The van der Waals surface area contributed by atoms with E-state index in [1.807, 2.05) is 36.4 Å². The summed E-state index contributed by atoms with van der Waals surface area (Å²) in [6.07, 6.45) is 5.42. The first-order valence-corrected chi connectivity index (χ1v) is 7.92. The number of nitrogens with one attached hydrogen (secondary N) is 1. The van der Waals surface area contributed by atoms with Crippen molar-refractivity contribution in [2.45, 2.75) is 38.1 Å². The minimum absolute atomic E-state index is 0.146. The second-order valence-corrected chi connectivity index (χ2v) is 6.10. The van der Waals surface area contributed by atoms with Crippen molar-refractivity contribution < 1.29 is 0 Å². The Morgan fingerprint density at radius 3 is 2.55 bits per heavy atom. The van der Waals surface area contributed by atoms with Crippen LogP contribution in [0.15, 0.2) is 46.0 Å². The summed E-state index contributed by atoms with van der Waals surface area (Å²) in [6, 6.07) is 12.1. The zero-order valence-corrected chi connectivity index (χ0v) is 12.3. The van der Waals surface area contributed by atoms with E-state index >= 15 is 0 Å². The van der Waals surface area contributed by atoms with Crippen LogP contribution in [0.3, 0.4) is 0 Å². The van der Waals surface area contributed by atoms with Gasteiger partial charge in [-0.1, -0.05) is 49.6 Å².